The summed E-state index contributed by atoms with van der Waals surface area (Å²) in [5, 5.41) is 11.0. The number of thiol groups is 1. The van der Waals surface area contributed by atoms with Crippen LogP contribution in [-0.4, -0.2) is 60.4 Å². The number of aryl methyl sites for hydroxylation is 1. The van der Waals surface area contributed by atoms with Crippen LogP contribution in [0.25, 0.3) is 0 Å². The summed E-state index contributed by atoms with van der Waals surface area (Å²) in [6.07, 6.45) is -4.09. The molecule has 40 heavy (non-hydrogen) atoms. The maximum Gasteiger partial charge on any atom is 0.420 e. The lowest BCUT2D eigenvalue weighted by atomic mass is 10.0. The number of anilines is 2. The number of piperazine rings is 1. The van der Waals surface area contributed by atoms with Crippen LogP contribution in [0.1, 0.15) is 43.4 Å². The van der Waals surface area contributed by atoms with Crippen LogP contribution in [0.15, 0.2) is 30.3 Å². The monoisotopic (exact) mass is 583 g/mol. The molecule has 0 radical (unpaired) electrons. The third-order valence-electron chi connectivity index (χ3n) is 6.85. The number of likely N-dealkylation sites (N-methyl/N-ethyl adjacent to an activating group) is 1. The van der Waals surface area contributed by atoms with Gasteiger partial charge in [-0.25, -0.2) is 8.78 Å². The number of rotatable bonds is 8. The molecule has 0 atom stereocenters. The third-order valence-corrected chi connectivity index (χ3v) is 7.58. The van der Waals surface area contributed by atoms with Gasteiger partial charge < -0.3 is 19.4 Å². The van der Waals surface area contributed by atoms with E-state index in [9.17, 15) is 31.5 Å². The SMILES string of the molecule is CN1CCN(C(=O)CCCc2ccc(N(S)C(C)(C)C(=O)Nc3ccc(C#N)c(C(F)(F)F)c3F)cc2F)CC1. The quantitative estimate of drug-likeness (QED) is 0.337. The van der Waals surface area contributed by atoms with E-state index < -0.39 is 46.1 Å². The summed E-state index contributed by atoms with van der Waals surface area (Å²) in [4.78, 5) is 29.3. The molecule has 3 rings (SSSR count). The number of halogens is 5. The number of hydrogen-bond acceptors (Lipinski definition) is 6. The number of nitrogens with zero attached hydrogens (tertiary/aromatic N) is 4. The Balaban J connectivity index is 1.67. The van der Waals surface area contributed by atoms with Gasteiger partial charge in [0.2, 0.25) is 5.91 Å². The number of alkyl halides is 3. The number of nitriles is 1. The number of benzene rings is 2. The van der Waals surface area contributed by atoms with Crippen LogP contribution < -0.4 is 9.62 Å². The van der Waals surface area contributed by atoms with Gasteiger partial charge in [-0.05, 0) is 63.6 Å². The fraction of sp³-hybridized carbons (Fsp3) is 0.444. The summed E-state index contributed by atoms with van der Waals surface area (Å²) in [6, 6.07) is 7.11. The topological polar surface area (TPSA) is 79.7 Å². The van der Waals surface area contributed by atoms with Crippen LogP contribution in [0.5, 0.6) is 0 Å². The van der Waals surface area contributed by atoms with E-state index in [1.807, 2.05) is 7.05 Å². The molecule has 0 spiro atoms. The third kappa shape index (κ3) is 7.03. The maximum absolute atomic E-state index is 14.9. The van der Waals surface area contributed by atoms with E-state index in [0.29, 0.717) is 37.9 Å². The van der Waals surface area contributed by atoms with Crippen molar-refractivity contribution in [1.29, 1.82) is 5.26 Å². The van der Waals surface area contributed by atoms with Gasteiger partial charge in [0, 0.05) is 32.6 Å². The molecular weight excluding hydrogens is 553 g/mol. The highest BCUT2D eigenvalue weighted by Crippen LogP contribution is 2.37. The summed E-state index contributed by atoms with van der Waals surface area (Å²) < 4.78 is 70.6. The Labute approximate surface area is 235 Å². The highest BCUT2D eigenvalue weighted by Gasteiger charge is 2.40. The van der Waals surface area contributed by atoms with Gasteiger partial charge in [0.1, 0.15) is 16.9 Å². The van der Waals surface area contributed by atoms with Gasteiger partial charge in [-0.15, -0.1) is 0 Å². The first kappa shape index (κ1) is 31.2. The average molecular weight is 584 g/mol. The molecule has 2 aromatic carbocycles. The van der Waals surface area contributed by atoms with Crippen molar-refractivity contribution < 1.29 is 31.5 Å². The molecule has 1 N–H and O–H groups in total. The van der Waals surface area contributed by atoms with Crippen LogP contribution in [0.3, 0.4) is 0 Å². The molecular formula is C27H30F5N5O2S. The molecule has 1 saturated heterocycles. The van der Waals surface area contributed by atoms with E-state index in [4.69, 9.17) is 5.26 Å². The first-order valence-electron chi connectivity index (χ1n) is 12.5. The molecule has 0 unspecified atom stereocenters. The lowest BCUT2D eigenvalue weighted by Crippen LogP contribution is -2.48. The summed E-state index contributed by atoms with van der Waals surface area (Å²) in [5.74, 6) is -3.26. The highest BCUT2D eigenvalue weighted by atomic mass is 32.1. The maximum atomic E-state index is 14.9. The Kier molecular flexibility index (Phi) is 9.68. The molecule has 0 aromatic heterocycles. The second-order valence-corrected chi connectivity index (χ2v) is 10.5. The Bertz CT molecular complexity index is 1300. The molecule has 0 bridgehead atoms. The predicted octanol–water partition coefficient (Wildman–Crippen LogP) is 5.02. The zero-order chi connectivity index (χ0) is 29.8. The van der Waals surface area contributed by atoms with Crippen molar-refractivity contribution in [1.82, 2.24) is 9.80 Å². The van der Waals surface area contributed by atoms with Crippen LogP contribution >= 0.6 is 12.8 Å². The summed E-state index contributed by atoms with van der Waals surface area (Å²) in [5.41, 5.74) is -4.50. The van der Waals surface area contributed by atoms with Crippen LogP contribution in [-0.2, 0) is 22.2 Å². The van der Waals surface area contributed by atoms with Gasteiger partial charge in [-0.2, -0.15) is 18.4 Å². The molecule has 2 aromatic rings. The number of nitrogens with one attached hydrogen (secondary N) is 1. The van der Waals surface area contributed by atoms with Crippen molar-refractivity contribution in [3.8, 4) is 6.07 Å². The summed E-state index contributed by atoms with van der Waals surface area (Å²) >= 11 is 4.31. The number of hydrogen-bond donors (Lipinski definition) is 2. The zero-order valence-corrected chi connectivity index (χ0v) is 23.2. The zero-order valence-electron chi connectivity index (χ0n) is 22.3. The van der Waals surface area contributed by atoms with E-state index in [0.717, 1.165) is 35.6 Å². The van der Waals surface area contributed by atoms with Gasteiger partial charge >= 0.3 is 6.18 Å². The molecule has 0 aliphatic carbocycles. The van der Waals surface area contributed by atoms with Crippen LogP contribution in [0.2, 0.25) is 0 Å². The van der Waals surface area contributed by atoms with E-state index in [1.54, 1.807) is 4.90 Å². The van der Waals surface area contributed by atoms with Crippen LogP contribution in [0.4, 0.5) is 33.3 Å². The van der Waals surface area contributed by atoms with Crippen molar-refractivity contribution in [3.05, 3.63) is 58.7 Å². The van der Waals surface area contributed by atoms with Crippen LogP contribution in [0, 0.1) is 23.0 Å². The standard InChI is InChI=1S/C27H30F5N5O2S/c1-26(2,25(39)34-21-10-8-18(16-33)23(24(21)29)27(30,31)32)37(40)19-9-7-17(20(28)15-19)5-4-6-22(38)36-13-11-35(3)12-14-36/h7-10,15,40H,4-6,11-14H2,1-3H3,(H,34,39). The van der Waals surface area contributed by atoms with E-state index in [2.05, 4.69) is 23.0 Å². The van der Waals surface area contributed by atoms with Gasteiger partial charge in [0.25, 0.3) is 5.91 Å². The van der Waals surface area contributed by atoms with E-state index in [1.165, 1.54) is 32.0 Å². The van der Waals surface area contributed by atoms with Gasteiger partial charge in [0.05, 0.1) is 23.0 Å². The molecule has 1 aliphatic heterocycles. The molecule has 1 fully saturated rings. The van der Waals surface area contributed by atoms with E-state index in [-0.39, 0.29) is 11.6 Å². The van der Waals surface area contributed by atoms with Crippen molar-refractivity contribution in [2.45, 2.75) is 44.8 Å². The first-order valence-corrected chi connectivity index (χ1v) is 12.9. The Morgan fingerprint density at radius 3 is 2.33 bits per heavy atom. The smallest absolute Gasteiger partial charge is 0.340 e. The predicted molar refractivity (Wildman–Crippen MR) is 144 cm³/mol. The average Bonchev–Trinajstić information content (AvgIpc) is 2.89. The molecule has 1 aliphatic rings. The molecule has 7 nitrogen and oxygen atoms in total. The Morgan fingerprint density at radius 1 is 1.10 bits per heavy atom. The molecule has 2 amide bonds. The molecule has 1 heterocycles. The largest absolute Gasteiger partial charge is 0.420 e. The van der Waals surface area contributed by atoms with Gasteiger partial charge in [0.15, 0.2) is 5.82 Å². The summed E-state index contributed by atoms with van der Waals surface area (Å²) in [6.45, 7) is 5.71. The second kappa shape index (κ2) is 12.4. The molecule has 13 heteroatoms. The molecule has 216 valence electrons. The van der Waals surface area contributed by atoms with Crippen molar-refractivity contribution in [2.24, 2.45) is 0 Å². The molecule has 0 saturated carbocycles. The van der Waals surface area contributed by atoms with Crippen molar-refractivity contribution in [3.63, 3.8) is 0 Å². The Hall–Kier alpha value is -3.37. The first-order chi connectivity index (χ1) is 18.7. The Morgan fingerprint density at radius 2 is 1.75 bits per heavy atom. The van der Waals surface area contributed by atoms with Gasteiger partial charge in [-0.3, -0.25) is 9.59 Å². The van der Waals surface area contributed by atoms with Gasteiger partial charge in [-0.1, -0.05) is 18.9 Å². The van der Waals surface area contributed by atoms with E-state index >= 15 is 0 Å². The fourth-order valence-corrected chi connectivity index (χ4v) is 4.47. The lowest BCUT2D eigenvalue weighted by molar-refractivity contribution is -0.140. The van der Waals surface area contributed by atoms with Crippen molar-refractivity contribution >= 4 is 36.0 Å². The minimum Gasteiger partial charge on any atom is -0.340 e. The number of carbonyl (C=O) groups excluding carboxylic acids is 2. The minimum absolute atomic E-state index is 0.0282. The number of amides is 2. The fourth-order valence-electron chi connectivity index (χ4n) is 4.25. The highest BCUT2D eigenvalue weighted by molar-refractivity contribution is 7.82. The number of carbonyl (C=O) groups is 2. The van der Waals surface area contributed by atoms with Crippen molar-refractivity contribution in [2.75, 3.05) is 42.8 Å². The minimum atomic E-state index is -5.15. The normalized spacial score (nSPS) is 14.6. The second-order valence-electron chi connectivity index (χ2n) is 10.1. The summed E-state index contributed by atoms with van der Waals surface area (Å²) in [7, 11) is 2.00. The lowest BCUT2D eigenvalue weighted by Gasteiger charge is -2.34.